The lowest BCUT2D eigenvalue weighted by molar-refractivity contribution is -0.192. The van der Waals surface area contributed by atoms with E-state index in [1.54, 1.807) is 0 Å². The first-order valence-corrected chi connectivity index (χ1v) is 5.09. The number of alkyl halides is 3. The summed E-state index contributed by atoms with van der Waals surface area (Å²) in [6, 6.07) is 3.95. The highest BCUT2D eigenvalue weighted by atomic mass is 19.4. The van der Waals surface area contributed by atoms with Gasteiger partial charge in [-0.1, -0.05) is 6.92 Å². The second-order valence-electron chi connectivity index (χ2n) is 3.45. The van der Waals surface area contributed by atoms with E-state index in [2.05, 4.69) is 11.1 Å². The van der Waals surface area contributed by atoms with Gasteiger partial charge in [0, 0.05) is 5.69 Å². The Labute approximate surface area is 107 Å². The number of carbonyl (C=O) groups is 1. The van der Waals surface area contributed by atoms with E-state index in [9.17, 15) is 13.2 Å². The zero-order valence-electron chi connectivity index (χ0n) is 10.2. The number of halogens is 3. The maximum atomic E-state index is 10.6. The molecule has 0 radical (unpaired) electrons. The molecule has 1 aromatic rings. The van der Waals surface area contributed by atoms with E-state index in [1.807, 2.05) is 19.9 Å². The number of aryl methyl sites for hydroxylation is 2. The van der Waals surface area contributed by atoms with E-state index < -0.39 is 12.1 Å². The summed E-state index contributed by atoms with van der Waals surface area (Å²) in [5, 5.41) is 15.9. The van der Waals surface area contributed by atoms with E-state index in [-0.39, 0.29) is 0 Å². The van der Waals surface area contributed by atoms with Crippen LogP contribution in [0.3, 0.4) is 0 Å². The molecule has 5 nitrogen and oxygen atoms in total. The van der Waals surface area contributed by atoms with Crippen molar-refractivity contribution in [1.29, 1.82) is 5.26 Å². The average molecular weight is 275 g/mol. The van der Waals surface area contributed by atoms with Gasteiger partial charge in [0.25, 0.3) is 0 Å². The van der Waals surface area contributed by atoms with Crippen molar-refractivity contribution in [2.45, 2.75) is 26.4 Å². The predicted octanol–water partition coefficient (Wildman–Crippen LogP) is 2.04. The van der Waals surface area contributed by atoms with E-state index >= 15 is 0 Å². The third-order valence-corrected chi connectivity index (χ3v) is 1.99. The lowest BCUT2D eigenvalue weighted by Crippen LogP contribution is -2.21. The van der Waals surface area contributed by atoms with Crippen molar-refractivity contribution in [2.75, 3.05) is 5.73 Å². The number of nitriles is 1. The Morgan fingerprint density at radius 2 is 2.05 bits per heavy atom. The first-order valence-electron chi connectivity index (χ1n) is 5.09. The van der Waals surface area contributed by atoms with Crippen LogP contribution in [-0.4, -0.2) is 22.2 Å². The number of hydrogen-bond donors (Lipinski definition) is 2. The van der Waals surface area contributed by atoms with Gasteiger partial charge in [-0.05, 0) is 25.0 Å². The quantitative estimate of drug-likeness (QED) is 0.816. The van der Waals surface area contributed by atoms with Crippen LogP contribution in [0.1, 0.15) is 23.7 Å². The Balaban J connectivity index is 0.000000399. The number of pyridine rings is 1. The van der Waals surface area contributed by atoms with Gasteiger partial charge >= 0.3 is 12.1 Å². The van der Waals surface area contributed by atoms with Crippen molar-refractivity contribution in [3.05, 3.63) is 22.9 Å². The van der Waals surface area contributed by atoms with Gasteiger partial charge < -0.3 is 10.8 Å². The monoisotopic (exact) mass is 275 g/mol. The van der Waals surface area contributed by atoms with Crippen molar-refractivity contribution < 1.29 is 23.1 Å². The summed E-state index contributed by atoms with van der Waals surface area (Å²) in [5.74, 6) is -2.41. The topological polar surface area (TPSA) is 100 Å². The summed E-state index contributed by atoms with van der Waals surface area (Å²) >= 11 is 0. The highest BCUT2D eigenvalue weighted by Crippen LogP contribution is 2.15. The van der Waals surface area contributed by atoms with Gasteiger partial charge in [0.2, 0.25) is 0 Å². The van der Waals surface area contributed by atoms with Gasteiger partial charge in [-0.3, -0.25) is 0 Å². The third-order valence-electron chi connectivity index (χ3n) is 1.99. The zero-order chi connectivity index (χ0) is 15.2. The minimum Gasteiger partial charge on any atom is -0.475 e. The average Bonchev–Trinajstić information content (AvgIpc) is 2.27. The molecule has 0 atom stereocenters. The standard InChI is InChI=1S/C9H11N3.C2HF3O2/c1-3-7-4-6(2)12-9(11)8(7)5-10;3-2(4,5)1(6)7/h4H,3H2,1-2H3,(H2,11,12);(H,6,7). The maximum absolute atomic E-state index is 10.6. The van der Waals surface area contributed by atoms with E-state index in [1.165, 1.54) is 0 Å². The van der Waals surface area contributed by atoms with Gasteiger partial charge in [0.1, 0.15) is 11.9 Å². The summed E-state index contributed by atoms with van der Waals surface area (Å²) in [4.78, 5) is 12.9. The van der Waals surface area contributed by atoms with Gasteiger partial charge in [0.15, 0.2) is 0 Å². The Hall–Kier alpha value is -2.30. The summed E-state index contributed by atoms with van der Waals surface area (Å²) in [6.45, 7) is 3.87. The molecule has 0 saturated carbocycles. The first kappa shape index (κ1) is 16.7. The molecule has 0 bridgehead atoms. The number of hydrogen-bond acceptors (Lipinski definition) is 4. The molecule has 0 unspecified atom stereocenters. The zero-order valence-corrected chi connectivity index (χ0v) is 10.2. The molecule has 0 spiro atoms. The molecule has 3 N–H and O–H groups in total. The second-order valence-corrected chi connectivity index (χ2v) is 3.45. The molecule has 0 fully saturated rings. The SMILES string of the molecule is CCc1cc(C)nc(N)c1C#N.O=C(O)C(F)(F)F. The fourth-order valence-electron chi connectivity index (χ4n) is 1.17. The largest absolute Gasteiger partial charge is 0.490 e. The third kappa shape index (κ3) is 5.25. The van der Waals surface area contributed by atoms with E-state index in [0.717, 1.165) is 17.7 Å². The molecule has 0 aliphatic heterocycles. The van der Waals surface area contributed by atoms with Crippen LogP contribution in [0.5, 0.6) is 0 Å². The molecule has 0 aromatic carbocycles. The van der Waals surface area contributed by atoms with Crippen molar-refractivity contribution in [2.24, 2.45) is 0 Å². The van der Waals surface area contributed by atoms with Crippen LogP contribution in [-0.2, 0) is 11.2 Å². The molecule has 104 valence electrons. The number of anilines is 1. The normalized spacial score (nSPS) is 10.1. The fraction of sp³-hybridized carbons (Fsp3) is 0.364. The minimum absolute atomic E-state index is 0.342. The number of carboxylic acid groups (broad SMARTS) is 1. The van der Waals surface area contributed by atoms with Crippen molar-refractivity contribution in [3.63, 3.8) is 0 Å². The number of nitrogens with zero attached hydrogens (tertiary/aromatic N) is 2. The summed E-state index contributed by atoms with van der Waals surface area (Å²) in [6.07, 6.45) is -4.27. The van der Waals surface area contributed by atoms with Crippen molar-refractivity contribution in [3.8, 4) is 6.07 Å². The smallest absolute Gasteiger partial charge is 0.475 e. The van der Waals surface area contributed by atoms with Crippen LogP contribution < -0.4 is 5.73 Å². The van der Waals surface area contributed by atoms with Gasteiger partial charge in [0.05, 0.1) is 5.56 Å². The van der Waals surface area contributed by atoms with Crippen molar-refractivity contribution >= 4 is 11.8 Å². The Kier molecular flexibility index (Phi) is 5.79. The molecule has 0 aliphatic carbocycles. The summed E-state index contributed by atoms with van der Waals surface area (Å²) in [7, 11) is 0. The van der Waals surface area contributed by atoms with Gasteiger partial charge in [-0.15, -0.1) is 0 Å². The maximum Gasteiger partial charge on any atom is 0.490 e. The summed E-state index contributed by atoms with van der Waals surface area (Å²) in [5.41, 5.74) is 7.93. The first-order chi connectivity index (χ1) is 8.63. The van der Waals surface area contributed by atoms with Crippen molar-refractivity contribution in [1.82, 2.24) is 4.98 Å². The highest BCUT2D eigenvalue weighted by Gasteiger charge is 2.38. The lowest BCUT2D eigenvalue weighted by Gasteiger charge is -2.04. The molecule has 8 heteroatoms. The van der Waals surface area contributed by atoms with Crippen LogP contribution >= 0.6 is 0 Å². The van der Waals surface area contributed by atoms with Gasteiger partial charge in [-0.25, -0.2) is 9.78 Å². The molecule has 1 rings (SSSR count). The Morgan fingerprint density at radius 3 is 2.37 bits per heavy atom. The Morgan fingerprint density at radius 1 is 1.58 bits per heavy atom. The van der Waals surface area contributed by atoms with Gasteiger partial charge in [-0.2, -0.15) is 18.4 Å². The van der Waals surface area contributed by atoms with E-state index in [0.29, 0.717) is 11.4 Å². The molecule has 1 aromatic heterocycles. The van der Waals surface area contributed by atoms with Crippen LogP contribution in [0.2, 0.25) is 0 Å². The molecular weight excluding hydrogens is 263 g/mol. The number of aromatic nitrogens is 1. The number of aliphatic carboxylic acids is 1. The molecule has 0 amide bonds. The van der Waals surface area contributed by atoms with Crippen LogP contribution in [0.15, 0.2) is 6.07 Å². The predicted molar refractivity (Wildman–Crippen MR) is 61.2 cm³/mol. The van der Waals surface area contributed by atoms with E-state index in [4.69, 9.17) is 20.9 Å². The number of carboxylic acids is 1. The summed E-state index contributed by atoms with van der Waals surface area (Å²) < 4.78 is 31.7. The Bertz CT molecular complexity index is 507. The second kappa shape index (κ2) is 6.58. The minimum atomic E-state index is -5.08. The fourth-order valence-corrected chi connectivity index (χ4v) is 1.17. The van der Waals surface area contributed by atoms with Crippen LogP contribution in [0.25, 0.3) is 0 Å². The molecule has 19 heavy (non-hydrogen) atoms. The molecule has 1 heterocycles. The number of nitrogens with two attached hydrogens (primary N) is 1. The highest BCUT2D eigenvalue weighted by molar-refractivity contribution is 5.73. The van der Waals surface area contributed by atoms with Crippen LogP contribution in [0, 0.1) is 18.3 Å². The number of rotatable bonds is 1. The molecule has 0 saturated heterocycles. The molecular formula is C11H12F3N3O2. The number of nitrogen functional groups attached to an aromatic ring is 1. The molecule has 0 aliphatic rings. The van der Waals surface area contributed by atoms with Crippen LogP contribution in [0.4, 0.5) is 19.0 Å². The lowest BCUT2D eigenvalue weighted by atomic mass is 10.1.